The molecule has 0 aliphatic carbocycles. The first kappa shape index (κ1) is 25.8. The van der Waals surface area contributed by atoms with Gasteiger partial charge in [-0.3, -0.25) is 14.5 Å². The zero-order valence-electron chi connectivity index (χ0n) is 18.2. The van der Waals surface area contributed by atoms with Crippen molar-refractivity contribution in [3.63, 3.8) is 0 Å². The summed E-state index contributed by atoms with van der Waals surface area (Å²) in [6.07, 6.45) is 1.62. The van der Waals surface area contributed by atoms with Crippen LogP contribution in [0.4, 0.5) is 9.18 Å². The van der Waals surface area contributed by atoms with Crippen molar-refractivity contribution in [3.05, 3.63) is 95.6 Å². The summed E-state index contributed by atoms with van der Waals surface area (Å²) in [5.74, 6) is 0.0841. The van der Waals surface area contributed by atoms with Crippen LogP contribution >= 0.6 is 57.6 Å². The Bertz CT molecular complexity index is 1350. The summed E-state index contributed by atoms with van der Waals surface area (Å²) >= 11 is 15.2. The zero-order valence-corrected chi connectivity index (χ0v) is 22.7. The molecule has 1 fully saturated rings. The van der Waals surface area contributed by atoms with E-state index in [0.717, 1.165) is 31.9 Å². The van der Waals surface area contributed by atoms with Gasteiger partial charge in [0.05, 0.1) is 22.1 Å². The SMILES string of the molecule is COc1cc(/C=C2\SC(=O)N(Cc3ccc(F)cc3Cl)C2=O)cc(I)c1OCc1ccccc1Cl. The smallest absolute Gasteiger partial charge is 0.293 e. The van der Waals surface area contributed by atoms with E-state index in [-0.39, 0.29) is 23.1 Å². The summed E-state index contributed by atoms with van der Waals surface area (Å²) in [5, 5.41) is 0.332. The quantitative estimate of drug-likeness (QED) is 0.196. The van der Waals surface area contributed by atoms with Crippen LogP contribution in [-0.4, -0.2) is 23.2 Å². The fraction of sp³-hybridized carbons (Fsp3) is 0.120. The van der Waals surface area contributed by atoms with Crippen LogP contribution in [0, 0.1) is 9.39 Å². The summed E-state index contributed by atoms with van der Waals surface area (Å²) in [7, 11) is 1.53. The van der Waals surface area contributed by atoms with Gasteiger partial charge in [0.25, 0.3) is 11.1 Å². The van der Waals surface area contributed by atoms with Gasteiger partial charge in [-0.1, -0.05) is 47.5 Å². The summed E-state index contributed by atoms with van der Waals surface area (Å²) < 4.78 is 25.6. The zero-order chi connectivity index (χ0) is 25.1. The Balaban J connectivity index is 1.54. The third-order valence-corrected chi connectivity index (χ3v) is 7.53. The number of amides is 2. The molecule has 5 nitrogen and oxygen atoms in total. The molecule has 0 atom stereocenters. The van der Waals surface area contributed by atoms with Gasteiger partial charge >= 0.3 is 0 Å². The summed E-state index contributed by atoms with van der Waals surface area (Å²) in [5.41, 5.74) is 1.99. The summed E-state index contributed by atoms with van der Waals surface area (Å²) in [6, 6.07) is 14.8. The van der Waals surface area contributed by atoms with Crippen molar-refractivity contribution >= 4 is 74.8 Å². The Labute approximate surface area is 229 Å². The highest BCUT2D eigenvalue weighted by Crippen LogP contribution is 2.38. The predicted molar refractivity (Wildman–Crippen MR) is 144 cm³/mol. The molecule has 10 heteroatoms. The van der Waals surface area contributed by atoms with E-state index in [0.29, 0.717) is 27.6 Å². The standard InChI is InChI=1S/C25H17Cl2FINO4S/c1-33-21-9-14(8-20(29)23(21)34-13-16-4-2-3-5-18(16)26)10-22-24(31)30(25(32)35-22)12-15-6-7-17(28)11-19(15)27/h2-11H,12-13H2,1H3/b22-10-. The lowest BCUT2D eigenvalue weighted by atomic mass is 10.1. The van der Waals surface area contributed by atoms with Gasteiger partial charge in [0.15, 0.2) is 11.5 Å². The molecule has 1 saturated heterocycles. The van der Waals surface area contributed by atoms with Crippen LogP contribution in [-0.2, 0) is 17.9 Å². The maximum Gasteiger partial charge on any atom is 0.293 e. The maximum atomic E-state index is 13.3. The molecule has 35 heavy (non-hydrogen) atoms. The number of hydrogen-bond donors (Lipinski definition) is 0. The van der Waals surface area contributed by atoms with Gasteiger partial charge in [0, 0.05) is 15.6 Å². The van der Waals surface area contributed by atoms with E-state index >= 15 is 0 Å². The molecule has 3 aromatic carbocycles. The van der Waals surface area contributed by atoms with E-state index in [1.54, 1.807) is 18.2 Å². The number of nitrogens with zero attached hydrogens (tertiary/aromatic N) is 1. The monoisotopic (exact) mass is 643 g/mol. The summed E-state index contributed by atoms with van der Waals surface area (Å²) in [6.45, 7) is 0.215. The van der Waals surface area contributed by atoms with Crippen molar-refractivity contribution in [2.75, 3.05) is 7.11 Å². The minimum Gasteiger partial charge on any atom is -0.493 e. The van der Waals surface area contributed by atoms with Crippen LogP contribution in [0.2, 0.25) is 10.0 Å². The van der Waals surface area contributed by atoms with Gasteiger partial charge in [-0.25, -0.2) is 4.39 Å². The molecule has 0 unspecified atom stereocenters. The second kappa shape index (κ2) is 11.2. The number of ether oxygens (including phenoxy) is 2. The highest BCUT2D eigenvalue weighted by atomic mass is 127. The highest BCUT2D eigenvalue weighted by molar-refractivity contribution is 14.1. The molecule has 0 bridgehead atoms. The summed E-state index contributed by atoms with van der Waals surface area (Å²) in [4.78, 5) is 26.8. The van der Waals surface area contributed by atoms with Crippen molar-refractivity contribution in [1.82, 2.24) is 4.90 Å². The van der Waals surface area contributed by atoms with Crippen molar-refractivity contribution < 1.29 is 23.5 Å². The third kappa shape index (κ3) is 5.94. The number of thioether (sulfide) groups is 1. The number of halogens is 4. The van der Waals surface area contributed by atoms with Gasteiger partial charge in [-0.05, 0) is 81.9 Å². The van der Waals surface area contributed by atoms with E-state index in [4.69, 9.17) is 32.7 Å². The highest BCUT2D eigenvalue weighted by Gasteiger charge is 2.35. The second-order valence-electron chi connectivity index (χ2n) is 7.42. The first-order chi connectivity index (χ1) is 16.8. The second-order valence-corrected chi connectivity index (χ2v) is 10.4. The molecule has 4 rings (SSSR count). The number of carbonyl (C=O) groups is 2. The molecule has 0 saturated carbocycles. The van der Waals surface area contributed by atoms with Crippen molar-refractivity contribution in [1.29, 1.82) is 0 Å². The van der Waals surface area contributed by atoms with E-state index < -0.39 is 17.0 Å². The molecular formula is C25H17Cl2FINO4S. The molecule has 0 spiro atoms. The number of imide groups is 1. The number of rotatable bonds is 7. The topological polar surface area (TPSA) is 55.8 Å². The average Bonchev–Trinajstić information content (AvgIpc) is 3.08. The van der Waals surface area contributed by atoms with Crippen LogP contribution in [0.25, 0.3) is 6.08 Å². The Morgan fingerprint density at radius 1 is 1.06 bits per heavy atom. The molecule has 0 N–H and O–H groups in total. The van der Waals surface area contributed by atoms with Crippen LogP contribution < -0.4 is 9.47 Å². The molecule has 180 valence electrons. The normalized spacial score (nSPS) is 14.7. The fourth-order valence-electron chi connectivity index (χ4n) is 3.34. The van der Waals surface area contributed by atoms with Crippen LogP contribution in [0.3, 0.4) is 0 Å². The van der Waals surface area contributed by atoms with Crippen LogP contribution in [0.5, 0.6) is 11.5 Å². The predicted octanol–water partition coefficient (Wildman–Crippen LogP) is 7.56. The Morgan fingerprint density at radius 2 is 1.83 bits per heavy atom. The lowest BCUT2D eigenvalue weighted by molar-refractivity contribution is -0.123. The van der Waals surface area contributed by atoms with Crippen LogP contribution in [0.15, 0.2) is 59.5 Å². The molecular weight excluding hydrogens is 627 g/mol. The van der Waals surface area contributed by atoms with Gasteiger partial charge in [0.1, 0.15) is 12.4 Å². The minimum absolute atomic E-state index is 0.0448. The van der Waals surface area contributed by atoms with Crippen LogP contribution in [0.1, 0.15) is 16.7 Å². The van der Waals surface area contributed by atoms with E-state index in [1.165, 1.54) is 19.2 Å². The molecule has 1 aliphatic heterocycles. The molecule has 1 aliphatic rings. The van der Waals surface area contributed by atoms with Gasteiger partial charge < -0.3 is 9.47 Å². The minimum atomic E-state index is -0.490. The molecule has 0 aromatic heterocycles. The van der Waals surface area contributed by atoms with Crippen molar-refractivity contribution in [2.24, 2.45) is 0 Å². The fourth-order valence-corrected chi connectivity index (χ4v) is 5.37. The third-order valence-electron chi connectivity index (χ3n) is 5.10. The Morgan fingerprint density at radius 3 is 2.54 bits per heavy atom. The largest absolute Gasteiger partial charge is 0.493 e. The number of carbonyl (C=O) groups excluding carboxylic acids is 2. The first-order valence-corrected chi connectivity index (χ1v) is 12.8. The van der Waals surface area contributed by atoms with E-state index in [2.05, 4.69) is 22.6 Å². The van der Waals surface area contributed by atoms with E-state index in [9.17, 15) is 14.0 Å². The first-order valence-electron chi connectivity index (χ1n) is 10.2. The van der Waals surface area contributed by atoms with Gasteiger partial charge in [-0.15, -0.1) is 0 Å². The van der Waals surface area contributed by atoms with Gasteiger partial charge in [-0.2, -0.15) is 0 Å². The maximum absolute atomic E-state index is 13.3. The van der Waals surface area contributed by atoms with Crippen molar-refractivity contribution in [3.8, 4) is 11.5 Å². The Kier molecular flexibility index (Phi) is 8.26. The van der Waals surface area contributed by atoms with Crippen molar-refractivity contribution in [2.45, 2.75) is 13.2 Å². The molecule has 1 heterocycles. The Hall–Kier alpha value is -2.27. The average molecular weight is 644 g/mol. The van der Waals surface area contributed by atoms with Gasteiger partial charge in [0.2, 0.25) is 0 Å². The lowest BCUT2D eigenvalue weighted by Gasteiger charge is -2.14. The molecule has 0 radical (unpaired) electrons. The number of benzene rings is 3. The van der Waals surface area contributed by atoms with E-state index in [1.807, 2.05) is 24.3 Å². The molecule has 2 amide bonds. The molecule has 3 aromatic rings. The number of methoxy groups -OCH3 is 1. The number of hydrogen-bond acceptors (Lipinski definition) is 5. The lowest BCUT2D eigenvalue weighted by Crippen LogP contribution is -2.27.